The third kappa shape index (κ3) is 2.48. The van der Waals surface area contributed by atoms with Crippen molar-refractivity contribution in [3.05, 3.63) is 35.9 Å². The van der Waals surface area contributed by atoms with Gasteiger partial charge in [0.25, 0.3) is 0 Å². The summed E-state index contributed by atoms with van der Waals surface area (Å²) >= 11 is 5.82. The summed E-state index contributed by atoms with van der Waals surface area (Å²) < 4.78 is 0. The van der Waals surface area contributed by atoms with E-state index in [2.05, 4.69) is 0 Å². The maximum Gasteiger partial charge on any atom is 0.322 e. The van der Waals surface area contributed by atoms with Crippen LogP contribution in [-0.4, -0.2) is 16.5 Å². The van der Waals surface area contributed by atoms with Crippen molar-refractivity contribution in [2.24, 2.45) is 0 Å². The molecule has 0 heterocycles. The van der Waals surface area contributed by atoms with Crippen molar-refractivity contribution in [3.8, 4) is 0 Å². The lowest BCUT2D eigenvalue weighted by atomic mass is 9.93. The molecule has 0 amide bonds. The van der Waals surface area contributed by atoms with Crippen LogP contribution in [-0.2, 0) is 4.79 Å². The molecule has 0 aliphatic heterocycles. The van der Waals surface area contributed by atoms with E-state index < -0.39 is 11.3 Å². The molecular weight excluding hydrogens is 200 g/mol. The van der Waals surface area contributed by atoms with E-state index in [4.69, 9.17) is 16.7 Å². The van der Waals surface area contributed by atoms with Crippen LogP contribution < -0.4 is 0 Å². The number of alkyl halides is 1. The predicted molar refractivity (Wildman–Crippen MR) is 56.8 cm³/mol. The molecule has 3 heteroatoms. The number of hydrogen-bond donors (Lipinski definition) is 1. The average Bonchev–Trinajstić information content (AvgIpc) is 2.20. The minimum absolute atomic E-state index is 0.115. The van der Waals surface area contributed by atoms with Crippen LogP contribution in [0.25, 0.3) is 0 Å². The molecule has 1 aromatic rings. The molecular formula is C11H13ClO2. The Kier molecular flexibility index (Phi) is 3.96. The number of carboxylic acids is 1. The van der Waals surface area contributed by atoms with Gasteiger partial charge in [-0.3, -0.25) is 4.79 Å². The van der Waals surface area contributed by atoms with Crippen LogP contribution in [0.4, 0.5) is 0 Å². The number of carbonyl (C=O) groups is 1. The van der Waals surface area contributed by atoms with Crippen LogP contribution in [0, 0.1) is 0 Å². The molecule has 2 nitrogen and oxygen atoms in total. The Morgan fingerprint density at radius 1 is 1.43 bits per heavy atom. The van der Waals surface area contributed by atoms with Gasteiger partial charge in [0.05, 0.1) is 0 Å². The van der Waals surface area contributed by atoms with Crippen LogP contribution in [0.3, 0.4) is 0 Å². The van der Waals surface area contributed by atoms with Crippen molar-refractivity contribution < 1.29 is 9.90 Å². The van der Waals surface area contributed by atoms with E-state index in [1.807, 2.05) is 37.3 Å². The van der Waals surface area contributed by atoms with E-state index in [1.54, 1.807) is 0 Å². The first-order valence-corrected chi connectivity index (χ1v) is 5.02. The topological polar surface area (TPSA) is 37.3 Å². The van der Waals surface area contributed by atoms with E-state index in [0.29, 0.717) is 0 Å². The maximum absolute atomic E-state index is 10.7. The number of aliphatic carboxylic acids is 1. The second-order valence-electron chi connectivity index (χ2n) is 3.17. The fourth-order valence-electron chi connectivity index (χ4n) is 1.48. The van der Waals surface area contributed by atoms with Crippen LogP contribution in [0.1, 0.15) is 24.8 Å². The van der Waals surface area contributed by atoms with E-state index in [9.17, 15) is 4.79 Å². The summed E-state index contributed by atoms with van der Waals surface area (Å²) in [6.07, 6.45) is 0.727. The fraction of sp³-hybridized carbons (Fsp3) is 0.364. The van der Waals surface area contributed by atoms with Crippen molar-refractivity contribution in [1.82, 2.24) is 0 Å². The monoisotopic (exact) mass is 212 g/mol. The molecule has 76 valence electrons. The molecule has 0 radical (unpaired) electrons. The van der Waals surface area contributed by atoms with Gasteiger partial charge in [-0.25, -0.2) is 0 Å². The summed E-state index contributed by atoms with van der Waals surface area (Å²) in [5.74, 6) is -1.07. The molecule has 1 aromatic carbocycles. The molecule has 0 spiro atoms. The molecule has 0 unspecified atom stereocenters. The smallest absolute Gasteiger partial charge is 0.322 e. The Morgan fingerprint density at radius 3 is 2.43 bits per heavy atom. The molecule has 2 atom stereocenters. The number of hydrogen-bond acceptors (Lipinski definition) is 1. The van der Waals surface area contributed by atoms with Crippen molar-refractivity contribution in [2.45, 2.75) is 24.6 Å². The van der Waals surface area contributed by atoms with Crippen molar-refractivity contribution in [2.75, 3.05) is 0 Å². The van der Waals surface area contributed by atoms with Crippen LogP contribution in [0.2, 0.25) is 0 Å². The quantitative estimate of drug-likeness (QED) is 0.780. The van der Waals surface area contributed by atoms with Gasteiger partial charge in [0.1, 0.15) is 5.38 Å². The summed E-state index contributed by atoms with van der Waals surface area (Å²) in [6.45, 7) is 1.94. The molecule has 0 bridgehead atoms. The van der Waals surface area contributed by atoms with Crippen molar-refractivity contribution in [1.29, 1.82) is 0 Å². The van der Waals surface area contributed by atoms with Crippen molar-refractivity contribution in [3.63, 3.8) is 0 Å². The highest BCUT2D eigenvalue weighted by molar-refractivity contribution is 6.30. The first kappa shape index (κ1) is 11.1. The summed E-state index contributed by atoms with van der Waals surface area (Å²) in [4.78, 5) is 10.7. The van der Waals surface area contributed by atoms with Gasteiger partial charge in [-0.2, -0.15) is 0 Å². The lowest BCUT2D eigenvalue weighted by molar-refractivity contribution is -0.137. The molecule has 0 aromatic heterocycles. The van der Waals surface area contributed by atoms with Gasteiger partial charge < -0.3 is 5.11 Å². The first-order valence-electron chi connectivity index (χ1n) is 4.58. The predicted octanol–water partition coefficient (Wildman–Crippen LogP) is 2.87. The van der Waals surface area contributed by atoms with E-state index >= 15 is 0 Å². The van der Waals surface area contributed by atoms with Gasteiger partial charge in [0.2, 0.25) is 0 Å². The first-order chi connectivity index (χ1) is 6.66. The number of carboxylic acid groups (broad SMARTS) is 1. The highest BCUT2D eigenvalue weighted by Gasteiger charge is 2.25. The summed E-state index contributed by atoms with van der Waals surface area (Å²) in [7, 11) is 0. The number of benzene rings is 1. The molecule has 14 heavy (non-hydrogen) atoms. The SMILES string of the molecule is CC[C@@H](c1ccccc1)[C@@H](Cl)C(=O)O. The lowest BCUT2D eigenvalue weighted by Crippen LogP contribution is -2.21. The molecule has 0 aliphatic rings. The second kappa shape index (κ2) is 5.01. The molecule has 0 aliphatic carbocycles. The van der Waals surface area contributed by atoms with Gasteiger partial charge in [-0.05, 0) is 12.0 Å². The fourth-order valence-corrected chi connectivity index (χ4v) is 1.81. The number of rotatable bonds is 4. The Balaban J connectivity index is 2.87. The minimum atomic E-state index is -0.956. The zero-order valence-electron chi connectivity index (χ0n) is 7.98. The van der Waals surface area contributed by atoms with Gasteiger partial charge in [-0.15, -0.1) is 11.6 Å². The van der Waals surface area contributed by atoms with E-state index in [0.717, 1.165) is 12.0 Å². The van der Waals surface area contributed by atoms with Gasteiger partial charge in [0.15, 0.2) is 0 Å². The molecule has 1 N–H and O–H groups in total. The molecule has 0 saturated carbocycles. The lowest BCUT2D eigenvalue weighted by Gasteiger charge is -2.17. The summed E-state index contributed by atoms with van der Waals surface area (Å²) in [6, 6.07) is 9.51. The van der Waals surface area contributed by atoms with Crippen LogP contribution in [0.15, 0.2) is 30.3 Å². The number of halogens is 1. The maximum atomic E-state index is 10.7. The van der Waals surface area contributed by atoms with Crippen molar-refractivity contribution >= 4 is 17.6 Å². The molecule has 0 saturated heterocycles. The Morgan fingerprint density at radius 2 is 2.00 bits per heavy atom. The summed E-state index contributed by atoms with van der Waals surface area (Å²) in [5, 5.41) is 7.97. The Hall–Kier alpha value is -1.02. The second-order valence-corrected chi connectivity index (χ2v) is 3.64. The van der Waals surface area contributed by atoms with E-state index in [-0.39, 0.29) is 5.92 Å². The zero-order chi connectivity index (χ0) is 10.6. The van der Waals surface area contributed by atoms with Crippen LogP contribution in [0.5, 0.6) is 0 Å². The highest BCUT2D eigenvalue weighted by Crippen LogP contribution is 2.26. The molecule has 0 fully saturated rings. The van der Waals surface area contributed by atoms with Gasteiger partial charge >= 0.3 is 5.97 Å². The largest absolute Gasteiger partial charge is 0.480 e. The highest BCUT2D eigenvalue weighted by atomic mass is 35.5. The van der Waals surface area contributed by atoms with Gasteiger partial charge in [0, 0.05) is 5.92 Å². The average molecular weight is 213 g/mol. The van der Waals surface area contributed by atoms with Crippen LogP contribution >= 0.6 is 11.6 Å². The van der Waals surface area contributed by atoms with Gasteiger partial charge in [-0.1, -0.05) is 37.3 Å². The standard InChI is InChI=1S/C11H13ClO2/c1-2-9(10(12)11(13)14)8-6-4-3-5-7-8/h3-7,9-10H,2H2,1H3,(H,13,14)/t9-,10+/m0/s1. The third-order valence-electron chi connectivity index (χ3n) is 2.26. The Bertz CT molecular complexity index is 297. The third-order valence-corrected chi connectivity index (χ3v) is 2.75. The zero-order valence-corrected chi connectivity index (χ0v) is 8.74. The molecule has 1 rings (SSSR count). The normalized spacial score (nSPS) is 14.7. The Labute approximate surface area is 88.5 Å². The summed E-state index contributed by atoms with van der Waals surface area (Å²) in [5.41, 5.74) is 0.984. The minimum Gasteiger partial charge on any atom is -0.480 e. The van der Waals surface area contributed by atoms with E-state index in [1.165, 1.54) is 0 Å².